The standard InChI is InChI=1S/C21H28N2O2S/c24-20(23-7-1-2-8-23)18-3-5-19(6-4-18)22-26(25)21-12-15-9-16(13-21)11-17(10-15)14-21/h3-6,15-17,22H,1-2,7-14H2/t15?,16?,17?,21?,26-/m1/s1. The second kappa shape index (κ2) is 6.36. The molecule has 1 amide bonds. The highest BCUT2D eigenvalue weighted by Gasteiger charge is 2.54. The van der Waals surface area contributed by atoms with Crippen LogP contribution >= 0.6 is 0 Å². The SMILES string of the molecule is O=C(c1ccc(N[S@](=O)C23CC4CC(CC(C4)C2)C3)cc1)N1CCCC1. The minimum absolute atomic E-state index is 0.0151. The fourth-order valence-electron chi connectivity index (χ4n) is 6.26. The zero-order valence-electron chi connectivity index (χ0n) is 15.3. The van der Waals surface area contributed by atoms with Crippen molar-refractivity contribution in [1.29, 1.82) is 0 Å². The molecule has 0 unspecified atom stereocenters. The number of carbonyl (C=O) groups excluding carboxylic acids is 1. The third kappa shape index (κ3) is 2.88. The van der Waals surface area contributed by atoms with Crippen molar-refractivity contribution in [3.63, 3.8) is 0 Å². The number of anilines is 1. The molecule has 0 radical (unpaired) electrons. The van der Waals surface area contributed by atoms with Crippen LogP contribution in [0.4, 0.5) is 5.69 Å². The lowest BCUT2D eigenvalue weighted by Crippen LogP contribution is -2.54. The summed E-state index contributed by atoms with van der Waals surface area (Å²) in [5.41, 5.74) is 1.61. The maximum atomic E-state index is 13.2. The van der Waals surface area contributed by atoms with Crippen LogP contribution in [0.3, 0.4) is 0 Å². The highest BCUT2D eigenvalue weighted by atomic mass is 32.2. The Labute approximate surface area is 158 Å². The summed E-state index contributed by atoms with van der Waals surface area (Å²) in [6.07, 6.45) is 9.69. The fraction of sp³-hybridized carbons (Fsp3) is 0.667. The number of carbonyl (C=O) groups is 1. The van der Waals surface area contributed by atoms with Crippen molar-refractivity contribution < 1.29 is 9.00 Å². The van der Waals surface area contributed by atoms with Crippen molar-refractivity contribution in [3.05, 3.63) is 29.8 Å². The van der Waals surface area contributed by atoms with Crippen molar-refractivity contribution in [2.24, 2.45) is 17.8 Å². The molecular weight excluding hydrogens is 344 g/mol. The maximum Gasteiger partial charge on any atom is 0.253 e. The predicted molar refractivity (Wildman–Crippen MR) is 104 cm³/mol. The molecule has 4 saturated carbocycles. The van der Waals surface area contributed by atoms with E-state index in [1.807, 2.05) is 29.2 Å². The molecular formula is C21H28N2O2S. The van der Waals surface area contributed by atoms with Gasteiger partial charge in [0, 0.05) is 24.3 Å². The Morgan fingerprint density at radius 1 is 0.962 bits per heavy atom. The second-order valence-electron chi connectivity index (χ2n) is 9.05. The first kappa shape index (κ1) is 16.8. The molecule has 1 aromatic rings. The summed E-state index contributed by atoms with van der Waals surface area (Å²) in [7, 11) is -1.04. The lowest BCUT2D eigenvalue weighted by Gasteiger charge is -2.55. The van der Waals surface area contributed by atoms with Crippen LogP contribution < -0.4 is 4.72 Å². The Bertz CT molecular complexity index is 689. The Kier molecular flexibility index (Phi) is 4.11. The van der Waals surface area contributed by atoms with E-state index >= 15 is 0 Å². The quantitative estimate of drug-likeness (QED) is 0.869. The van der Waals surface area contributed by atoms with Crippen LogP contribution in [-0.4, -0.2) is 32.9 Å². The first-order chi connectivity index (χ1) is 12.6. The van der Waals surface area contributed by atoms with E-state index in [0.29, 0.717) is 0 Å². The molecule has 1 aliphatic heterocycles. The predicted octanol–water partition coefficient (Wildman–Crippen LogP) is 3.97. The van der Waals surface area contributed by atoms with Gasteiger partial charge in [-0.05, 0) is 93.4 Å². The zero-order valence-corrected chi connectivity index (χ0v) is 16.1. The molecule has 4 aliphatic carbocycles. The van der Waals surface area contributed by atoms with Gasteiger partial charge in [-0.2, -0.15) is 0 Å². The smallest absolute Gasteiger partial charge is 0.253 e. The van der Waals surface area contributed by atoms with Gasteiger partial charge in [-0.1, -0.05) is 0 Å². The van der Waals surface area contributed by atoms with Gasteiger partial charge >= 0.3 is 0 Å². The number of benzene rings is 1. The molecule has 4 bridgehead atoms. The fourth-order valence-corrected chi connectivity index (χ4v) is 7.99. The van der Waals surface area contributed by atoms with Gasteiger partial charge in [-0.15, -0.1) is 0 Å². The Morgan fingerprint density at radius 3 is 2.04 bits per heavy atom. The van der Waals surface area contributed by atoms with Gasteiger partial charge in [0.2, 0.25) is 0 Å². The summed E-state index contributed by atoms with van der Waals surface area (Å²) in [5.74, 6) is 2.52. The molecule has 1 atom stereocenters. The van der Waals surface area contributed by atoms with Crippen LogP contribution in [0.1, 0.15) is 61.7 Å². The molecule has 5 heteroatoms. The molecule has 0 spiro atoms. The lowest BCUT2D eigenvalue weighted by atomic mass is 9.56. The molecule has 5 aliphatic rings. The minimum atomic E-state index is -1.04. The number of amides is 1. The maximum absolute atomic E-state index is 13.2. The summed E-state index contributed by atoms with van der Waals surface area (Å²) in [4.78, 5) is 14.4. The van der Waals surface area contributed by atoms with E-state index in [1.165, 1.54) is 19.3 Å². The average Bonchev–Trinajstić information content (AvgIpc) is 3.15. The average molecular weight is 373 g/mol. The number of likely N-dealkylation sites (tertiary alicyclic amines) is 1. The summed E-state index contributed by atoms with van der Waals surface area (Å²) in [6, 6.07) is 7.59. The third-order valence-electron chi connectivity index (χ3n) is 7.11. The molecule has 1 N–H and O–H groups in total. The zero-order chi connectivity index (χ0) is 17.7. The number of hydrogen-bond acceptors (Lipinski definition) is 2. The topological polar surface area (TPSA) is 49.4 Å². The van der Waals surface area contributed by atoms with Gasteiger partial charge in [0.15, 0.2) is 0 Å². The Hall–Kier alpha value is -1.36. The Balaban J connectivity index is 1.28. The summed E-state index contributed by atoms with van der Waals surface area (Å²) < 4.78 is 16.5. The summed E-state index contributed by atoms with van der Waals surface area (Å²) in [6.45, 7) is 1.74. The van der Waals surface area contributed by atoms with Crippen LogP contribution in [0.15, 0.2) is 24.3 Å². The lowest BCUT2D eigenvalue weighted by molar-refractivity contribution is 0.0363. The molecule has 140 valence electrons. The van der Waals surface area contributed by atoms with E-state index in [0.717, 1.165) is 74.2 Å². The molecule has 4 nitrogen and oxygen atoms in total. The minimum Gasteiger partial charge on any atom is -0.339 e. The van der Waals surface area contributed by atoms with E-state index in [1.54, 1.807) is 0 Å². The van der Waals surface area contributed by atoms with Crippen LogP contribution in [0.25, 0.3) is 0 Å². The van der Waals surface area contributed by atoms with E-state index in [4.69, 9.17) is 0 Å². The van der Waals surface area contributed by atoms with Gasteiger partial charge in [0.05, 0.1) is 4.75 Å². The van der Waals surface area contributed by atoms with Crippen molar-refractivity contribution >= 4 is 22.6 Å². The summed E-state index contributed by atoms with van der Waals surface area (Å²) >= 11 is 0. The van der Waals surface area contributed by atoms with Crippen LogP contribution in [0, 0.1) is 17.8 Å². The second-order valence-corrected chi connectivity index (χ2v) is 10.7. The van der Waals surface area contributed by atoms with E-state index < -0.39 is 11.0 Å². The first-order valence-electron chi connectivity index (χ1n) is 10.2. The molecule has 1 heterocycles. The van der Waals surface area contributed by atoms with Gasteiger partial charge in [0.1, 0.15) is 11.0 Å². The summed E-state index contributed by atoms with van der Waals surface area (Å²) in [5, 5.41) is 0. The number of hydrogen-bond donors (Lipinski definition) is 1. The monoisotopic (exact) mass is 372 g/mol. The van der Waals surface area contributed by atoms with Crippen molar-refractivity contribution in [2.75, 3.05) is 17.8 Å². The van der Waals surface area contributed by atoms with Crippen LogP contribution in [0.2, 0.25) is 0 Å². The van der Waals surface area contributed by atoms with Gasteiger partial charge in [-0.3, -0.25) is 4.79 Å². The van der Waals surface area contributed by atoms with Gasteiger partial charge < -0.3 is 9.62 Å². The first-order valence-corrected chi connectivity index (χ1v) is 11.3. The van der Waals surface area contributed by atoms with Crippen LogP contribution in [-0.2, 0) is 11.0 Å². The number of rotatable bonds is 4. The number of nitrogens with zero attached hydrogens (tertiary/aromatic N) is 1. The molecule has 1 aromatic carbocycles. The molecule has 0 aromatic heterocycles. The van der Waals surface area contributed by atoms with E-state index in [2.05, 4.69) is 4.72 Å². The normalized spacial score (nSPS) is 36.3. The molecule has 26 heavy (non-hydrogen) atoms. The van der Waals surface area contributed by atoms with E-state index in [-0.39, 0.29) is 10.7 Å². The number of nitrogens with one attached hydrogen (secondary N) is 1. The molecule has 1 saturated heterocycles. The molecule has 6 rings (SSSR count). The highest BCUT2D eigenvalue weighted by Crippen LogP contribution is 2.57. The Morgan fingerprint density at radius 2 is 1.50 bits per heavy atom. The van der Waals surface area contributed by atoms with Crippen molar-refractivity contribution in [2.45, 2.75) is 56.1 Å². The van der Waals surface area contributed by atoms with Crippen molar-refractivity contribution in [1.82, 2.24) is 4.90 Å². The third-order valence-corrected chi connectivity index (χ3v) is 8.82. The van der Waals surface area contributed by atoms with Gasteiger partial charge in [0.25, 0.3) is 5.91 Å². The largest absolute Gasteiger partial charge is 0.339 e. The highest BCUT2D eigenvalue weighted by molar-refractivity contribution is 7.87. The molecule has 5 fully saturated rings. The van der Waals surface area contributed by atoms with Crippen molar-refractivity contribution in [3.8, 4) is 0 Å². The van der Waals surface area contributed by atoms with Gasteiger partial charge in [-0.25, -0.2) is 4.21 Å². The van der Waals surface area contributed by atoms with Crippen LogP contribution in [0.5, 0.6) is 0 Å². The van der Waals surface area contributed by atoms with E-state index in [9.17, 15) is 9.00 Å².